The molecule has 1 heterocycles. The fourth-order valence-corrected chi connectivity index (χ4v) is 2.95. The first-order valence-electron chi connectivity index (χ1n) is 8.76. The van der Waals surface area contributed by atoms with Gasteiger partial charge in [-0.2, -0.15) is 0 Å². The van der Waals surface area contributed by atoms with E-state index in [2.05, 4.69) is 4.98 Å². The highest BCUT2D eigenvalue weighted by Gasteiger charge is 2.24. The van der Waals surface area contributed by atoms with Gasteiger partial charge in [-0.3, -0.25) is 14.2 Å². The summed E-state index contributed by atoms with van der Waals surface area (Å²) in [5, 5.41) is 0.598. The van der Waals surface area contributed by atoms with Crippen LogP contribution in [0.3, 0.4) is 0 Å². The number of carbonyl (C=O) groups excluding carboxylic acids is 1. The van der Waals surface area contributed by atoms with E-state index in [4.69, 9.17) is 0 Å². The number of aromatic nitrogens is 2. The van der Waals surface area contributed by atoms with Crippen LogP contribution in [0.1, 0.15) is 38.6 Å². The Hall–Kier alpha value is -2.21. The number of likely N-dealkylation sites (N-methyl/N-ethyl adjacent to an activating group) is 1. The van der Waals surface area contributed by atoms with Gasteiger partial charge in [0.1, 0.15) is 5.82 Å². The molecule has 0 aliphatic heterocycles. The van der Waals surface area contributed by atoms with Gasteiger partial charge in [-0.1, -0.05) is 19.1 Å². The predicted octanol–water partition coefficient (Wildman–Crippen LogP) is 2.18. The first-order chi connectivity index (χ1) is 11.9. The van der Waals surface area contributed by atoms with Gasteiger partial charge in [-0.25, -0.2) is 4.98 Å². The standard InChI is InChI=1S/C19H28N4O2/c1-6-9-17(24)23(13-12-21(3)4)14(2)18-20-16-11-8-7-10-15(16)19(25)22(18)5/h7-8,10-11,14H,6,9,12-13H2,1-5H3. The van der Waals surface area contributed by atoms with Crippen molar-refractivity contribution in [3.05, 3.63) is 40.4 Å². The van der Waals surface area contributed by atoms with E-state index < -0.39 is 0 Å². The second-order valence-electron chi connectivity index (χ2n) is 6.67. The average molecular weight is 344 g/mol. The lowest BCUT2D eigenvalue weighted by atomic mass is 10.2. The van der Waals surface area contributed by atoms with Gasteiger partial charge in [-0.05, 0) is 39.6 Å². The smallest absolute Gasteiger partial charge is 0.261 e. The van der Waals surface area contributed by atoms with Gasteiger partial charge in [0.2, 0.25) is 5.91 Å². The third-order valence-corrected chi connectivity index (χ3v) is 4.43. The summed E-state index contributed by atoms with van der Waals surface area (Å²) in [6.07, 6.45) is 1.30. The van der Waals surface area contributed by atoms with Gasteiger partial charge in [0.25, 0.3) is 5.56 Å². The maximum Gasteiger partial charge on any atom is 0.261 e. The van der Waals surface area contributed by atoms with Crippen LogP contribution in [0.2, 0.25) is 0 Å². The minimum absolute atomic E-state index is 0.0806. The van der Waals surface area contributed by atoms with Gasteiger partial charge >= 0.3 is 0 Å². The third kappa shape index (κ3) is 4.25. The second kappa shape index (κ2) is 8.25. The van der Waals surface area contributed by atoms with Crippen molar-refractivity contribution < 1.29 is 4.79 Å². The summed E-state index contributed by atoms with van der Waals surface area (Å²) in [6.45, 7) is 5.31. The number of nitrogens with zero attached hydrogens (tertiary/aromatic N) is 4. The van der Waals surface area contributed by atoms with Crippen LogP contribution < -0.4 is 5.56 Å². The zero-order valence-corrected chi connectivity index (χ0v) is 15.8. The molecule has 1 amide bonds. The molecule has 0 bridgehead atoms. The summed E-state index contributed by atoms with van der Waals surface area (Å²) in [4.78, 5) is 33.8. The Labute approximate surface area is 149 Å². The number of amides is 1. The normalized spacial score (nSPS) is 12.6. The van der Waals surface area contributed by atoms with Crippen molar-refractivity contribution in [2.45, 2.75) is 32.7 Å². The number of hydrogen-bond donors (Lipinski definition) is 0. The van der Waals surface area contributed by atoms with E-state index in [0.717, 1.165) is 13.0 Å². The van der Waals surface area contributed by atoms with E-state index in [1.165, 1.54) is 0 Å². The lowest BCUT2D eigenvalue weighted by Gasteiger charge is -2.31. The summed E-state index contributed by atoms with van der Waals surface area (Å²) in [7, 11) is 5.69. The van der Waals surface area contributed by atoms with Crippen LogP contribution in [0.5, 0.6) is 0 Å². The molecule has 25 heavy (non-hydrogen) atoms. The van der Waals surface area contributed by atoms with E-state index in [1.807, 2.05) is 55.9 Å². The monoisotopic (exact) mass is 344 g/mol. The van der Waals surface area contributed by atoms with Crippen molar-refractivity contribution in [3.63, 3.8) is 0 Å². The molecular weight excluding hydrogens is 316 g/mol. The minimum Gasteiger partial charge on any atom is -0.332 e. The highest BCUT2D eigenvalue weighted by Crippen LogP contribution is 2.20. The van der Waals surface area contributed by atoms with Crippen molar-refractivity contribution in [2.75, 3.05) is 27.2 Å². The van der Waals surface area contributed by atoms with E-state index in [9.17, 15) is 9.59 Å². The molecule has 0 saturated carbocycles. The van der Waals surface area contributed by atoms with E-state index in [0.29, 0.717) is 29.7 Å². The largest absolute Gasteiger partial charge is 0.332 e. The highest BCUT2D eigenvalue weighted by molar-refractivity contribution is 5.78. The van der Waals surface area contributed by atoms with Crippen LogP contribution in [0.25, 0.3) is 10.9 Å². The van der Waals surface area contributed by atoms with Crippen LogP contribution in [-0.4, -0.2) is 52.4 Å². The Bertz CT molecular complexity index is 798. The molecule has 136 valence electrons. The fraction of sp³-hybridized carbons (Fsp3) is 0.526. The molecule has 0 spiro atoms. The molecule has 0 radical (unpaired) electrons. The van der Waals surface area contributed by atoms with Gasteiger partial charge in [0, 0.05) is 26.6 Å². The van der Waals surface area contributed by atoms with E-state index >= 15 is 0 Å². The number of benzene rings is 1. The maximum absolute atomic E-state index is 12.6. The molecule has 6 nitrogen and oxygen atoms in total. The first-order valence-corrected chi connectivity index (χ1v) is 8.76. The summed E-state index contributed by atoms with van der Waals surface area (Å²) in [6, 6.07) is 7.06. The molecule has 0 aliphatic carbocycles. The molecular formula is C19H28N4O2. The van der Waals surface area contributed by atoms with Crippen molar-refractivity contribution in [3.8, 4) is 0 Å². The maximum atomic E-state index is 12.6. The average Bonchev–Trinajstić information content (AvgIpc) is 2.58. The quantitative estimate of drug-likeness (QED) is 0.772. The molecule has 0 fully saturated rings. The van der Waals surface area contributed by atoms with Crippen LogP contribution in [-0.2, 0) is 11.8 Å². The zero-order valence-electron chi connectivity index (χ0n) is 15.8. The number of fused-ring (bicyclic) bond motifs is 1. The number of rotatable bonds is 7. The molecule has 1 atom stereocenters. The predicted molar refractivity (Wildman–Crippen MR) is 101 cm³/mol. The van der Waals surface area contributed by atoms with E-state index in [-0.39, 0.29) is 17.5 Å². The molecule has 1 aromatic heterocycles. The fourth-order valence-electron chi connectivity index (χ4n) is 2.95. The SMILES string of the molecule is CCCC(=O)N(CCN(C)C)C(C)c1nc2ccccc2c(=O)n1C. The Morgan fingerprint density at radius 1 is 1.24 bits per heavy atom. The summed E-state index contributed by atoms with van der Waals surface area (Å²) >= 11 is 0. The zero-order chi connectivity index (χ0) is 18.6. The topological polar surface area (TPSA) is 58.4 Å². The van der Waals surface area contributed by atoms with Gasteiger partial charge < -0.3 is 9.80 Å². The van der Waals surface area contributed by atoms with Crippen LogP contribution in [0.4, 0.5) is 0 Å². The van der Waals surface area contributed by atoms with Crippen molar-refractivity contribution >= 4 is 16.8 Å². The highest BCUT2D eigenvalue weighted by atomic mass is 16.2. The molecule has 6 heteroatoms. The Morgan fingerprint density at radius 2 is 1.92 bits per heavy atom. The first kappa shape index (κ1) is 19.1. The molecule has 0 N–H and O–H groups in total. The summed E-state index contributed by atoms with van der Waals surface area (Å²) in [5.41, 5.74) is 0.589. The minimum atomic E-state index is -0.263. The van der Waals surface area contributed by atoms with Crippen LogP contribution in [0.15, 0.2) is 29.1 Å². The second-order valence-corrected chi connectivity index (χ2v) is 6.67. The molecule has 2 aromatic rings. The van der Waals surface area contributed by atoms with Gasteiger partial charge in [0.05, 0.1) is 16.9 Å². The molecule has 0 aliphatic rings. The Balaban J connectivity index is 2.45. The van der Waals surface area contributed by atoms with Crippen LogP contribution in [0, 0.1) is 0 Å². The lowest BCUT2D eigenvalue weighted by Crippen LogP contribution is -2.40. The summed E-state index contributed by atoms with van der Waals surface area (Å²) in [5.74, 6) is 0.714. The van der Waals surface area contributed by atoms with Crippen molar-refractivity contribution in [1.82, 2.24) is 19.4 Å². The number of hydrogen-bond acceptors (Lipinski definition) is 4. The molecule has 1 aromatic carbocycles. The number of para-hydroxylation sites is 1. The number of carbonyl (C=O) groups is 1. The third-order valence-electron chi connectivity index (χ3n) is 4.43. The lowest BCUT2D eigenvalue weighted by molar-refractivity contribution is -0.133. The van der Waals surface area contributed by atoms with Gasteiger partial charge in [0.15, 0.2) is 0 Å². The Kier molecular flexibility index (Phi) is 6.31. The molecule has 2 rings (SSSR count). The van der Waals surface area contributed by atoms with Crippen molar-refractivity contribution in [2.24, 2.45) is 7.05 Å². The molecule has 1 unspecified atom stereocenters. The Morgan fingerprint density at radius 3 is 2.56 bits per heavy atom. The molecule has 0 saturated heterocycles. The summed E-state index contributed by atoms with van der Waals surface area (Å²) < 4.78 is 1.56. The van der Waals surface area contributed by atoms with Gasteiger partial charge in [-0.15, -0.1) is 0 Å². The van der Waals surface area contributed by atoms with Crippen LogP contribution >= 0.6 is 0 Å². The van der Waals surface area contributed by atoms with E-state index in [1.54, 1.807) is 17.7 Å². The van der Waals surface area contributed by atoms with Crippen molar-refractivity contribution in [1.29, 1.82) is 0 Å².